The van der Waals surface area contributed by atoms with Crippen LogP contribution in [0.2, 0.25) is 0 Å². The highest BCUT2D eigenvalue weighted by molar-refractivity contribution is 8.00. The maximum absolute atomic E-state index is 12.1. The number of nitrogens with one attached hydrogen (secondary N) is 1. The Morgan fingerprint density at radius 3 is 2.94 bits per heavy atom. The van der Waals surface area contributed by atoms with Gasteiger partial charge in [-0.2, -0.15) is 11.8 Å². The molecule has 3 N–H and O–H groups in total. The van der Waals surface area contributed by atoms with E-state index in [1.54, 1.807) is 6.07 Å². The summed E-state index contributed by atoms with van der Waals surface area (Å²) in [6.45, 7) is 1.09. The van der Waals surface area contributed by atoms with Gasteiger partial charge in [0.25, 0.3) is 0 Å². The highest BCUT2D eigenvalue weighted by atomic mass is 32.2. The molecule has 1 fully saturated rings. The van der Waals surface area contributed by atoms with Gasteiger partial charge in [0, 0.05) is 16.7 Å². The van der Waals surface area contributed by atoms with Gasteiger partial charge >= 0.3 is 0 Å². The molecule has 18 heavy (non-hydrogen) atoms. The topological polar surface area (TPSA) is 72.2 Å². The number of thioether (sulfide) groups is 1. The van der Waals surface area contributed by atoms with Gasteiger partial charge in [-0.15, -0.1) is 11.3 Å². The molecule has 1 saturated heterocycles. The zero-order valence-corrected chi connectivity index (χ0v) is 12.5. The fourth-order valence-electron chi connectivity index (χ4n) is 1.86. The predicted molar refractivity (Wildman–Crippen MR) is 77.7 cm³/mol. The van der Waals surface area contributed by atoms with Gasteiger partial charge in [0.2, 0.25) is 10.0 Å². The zero-order chi connectivity index (χ0) is 13.0. The van der Waals surface area contributed by atoms with Crippen molar-refractivity contribution < 1.29 is 8.42 Å². The lowest BCUT2D eigenvalue weighted by molar-refractivity contribution is 0.581. The predicted octanol–water partition coefficient (Wildman–Crippen LogP) is 1.42. The molecule has 0 aromatic carbocycles. The smallest absolute Gasteiger partial charge is 0.250 e. The van der Waals surface area contributed by atoms with Gasteiger partial charge in [-0.25, -0.2) is 13.1 Å². The quantitative estimate of drug-likeness (QED) is 0.834. The second-order valence-electron chi connectivity index (χ2n) is 4.25. The van der Waals surface area contributed by atoms with Gasteiger partial charge in [0.15, 0.2) is 0 Å². The van der Waals surface area contributed by atoms with Crippen LogP contribution in [0.1, 0.15) is 17.7 Å². The monoisotopic (exact) mass is 306 g/mol. The molecule has 7 heteroatoms. The lowest BCUT2D eigenvalue weighted by Crippen LogP contribution is -2.29. The molecule has 4 nitrogen and oxygen atoms in total. The van der Waals surface area contributed by atoms with Gasteiger partial charge < -0.3 is 5.73 Å². The van der Waals surface area contributed by atoms with Crippen molar-refractivity contribution in [1.82, 2.24) is 4.72 Å². The van der Waals surface area contributed by atoms with Crippen LogP contribution in [0.25, 0.3) is 0 Å². The summed E-state index contributed by atoms with van der Waals surface area (Å²) in [5, 5.41) is 0.434. The third-order valence-corrected chi connectivity index (χ3v) is 7.28. The normalized spacial score (nSPS) is 20.4. The van der Waals surface area contributed by atoms with E-state index < -0.39 is 10.0 Å². The Hall–Kier alpha value is -0.0800. The molecule has 0 bridgehead atoms. The van der Waals surface area contributed by atoms with E-state index in [0.717, 1.165) is 23.5 Å². The van der Waals surface area contributed by atoms with Crippen molar-refractivity contribution in [2.75, 3.05) is 18.8 Å². The number of hydrogen-bond acceptors (Lipinski definition) is 5. The van der Waals surface area contributed by atoms with Crippen LogP contribution in [-0.4, -0.2) is 32.5 Å². The molecule has 1 atom stereocenters. The van der Waals surface area contributed by atoms with E-state index in [9.17, 15) is 8.42 Å². The minimum Gasteiger partial charge on any atom is -0.330 e. The summed E-state index contributed by atoms with van der Waals surface area (Å²) in [6, 6.07) is 3.51. The summed E-state index contributed by atoms with van der Waals surface area (Å²) in [4.78, 5) is 1.02. The molecule has 1 aromatic rings. The SMILES string of the molecule is NCCc1ccc(S(=O)(=O)NCC2CCCS2)s1. The van der Waals surface area contributed by atoms with Gasteiger partial charge in [0.1, 0.15) is 4.21 Å². The Kier molecular flexibility index (Phi) is 5.08. The third kappa shape index (κ3) is 3.71. The Morgan fingerprint density at radius 1 is 1.44 bits per heavy atom. The summed E-state index contributed by atoms with van der Waals surface area (Å²) in [5.74, 6) is 1.14. The number of sulfonamides is 1. The molecule has 2 rings (SSSR count). The first-order valence-corrected chi connectivity index (χ1v) is 9.37. The molecule has 102 valence electrons. The van der Waals surface area contributed by atoms with Crippen LogP contribution in [-0.2, 0) is 16.4 Å². The van der Waals surface area contributed by atoms with E-state index in [4.69, 9.17) is 5.73 Å². The molecular weight excluding hydrogens is 288 g/mol. The van der Waals surface area contributed by atoms with E-state index in [-0.39, 0.29) is 0 Å². The average molecular weight is 306 g/mol. The van der Waals surface area contributed by atoms with Crippen LogP contribution >= 0.6 is 23.1 Å². The van der Waals surface area contributed by atoms with Crippen molar-refractivity contribution in [1.29, 1.82) is 0 Å². The second-order valence-corrected chi connectivity index (χ2v) is 8.82. The van der Waals surface area contributed by atoms with Crippen LogP contribution in [0, 0.1) is 0 Å². The molecule has 0 radical (unpaired) electrons. The van der Waals surface area contributed by atoms with Crippen molar-refractivity contribution in [3.63, 3.8) is 0 Å². The van der Waals surface area contributed by atoms with E-state index in [0.29, 0.717) is 22.5 Å². The maximum Gasteiger partial charge on any atom is 0.250 e. The summed E-state index contributed by atoms with van der Waals surface area (Å²) in [7, 11) is -3.33. The Morgan fingerprint density at radius 2 is 2.28 bits per heavy atom. The molecule has 0 amide bonds. The third-order valence-electron chi connectivity index (χ3n) is 2.82. The lowest BCUT2D eigenvalue weighted by atomic mass is 10.2. The lowest BCUT2D eigenvalue weighted by Gasteiger charge is -2.09. The summed E-state index contributed by atoms with van der Waals surface area (Å²) >= 11 is 3.16. The Bertz CT molecular complexity index is 478. The van der Waals surface area contributed by atoms with Crippen LogP contribution in [0.15, 0.2) is 16.3 Å². The number of thiophene rings is 1. The Balaban J connectivity index is 1.95. The highest BCUT2D eigenvalue weighted by Crippen LogP contribution is 2.26. The highest BCUT2D eigenvalue weighted by Gasteiger charge is 2.21. The summed E-state index contributed by atoms with van der Waals surface area (Å²) < 4.78 is 27.2. The molecule has 1 aliphatic heterocycles. The fourth-order valence-corrected chi connectivity index (χ4v) is 5.66. The van der Waals surface area contributed by atoms with Gasteiger partial charge in [0.05, 0.1) is 0 Å². The first-order chi connectivity index (χ1) is 8.62. The average Bonchev–Trinajstić information content (AvgIpc) is 2.98. The molecular formula is C11H18N2O2S3. The Labute approximate surface area is 116 Å². The van der Waals surface area contributed by atoms with Gasteiger partial charge in [-0.05, 0) is 43.7 Å². The van der Waals surface area contributed by atoms with Crippen molar-refractivity contribution in [3.05, 3.63) is 17.0 Å². The zero-order valence-electron chi connectivity index (χ0n) is 10.1. The number of nitrogens with two attached hydrogens (primary N) is 1. The van der Waals surface area contributed by atoms with Crippen LogP contribution in [0.5, 0.6) is 0 Å². The van der Waals surface area contributed by atoms with E-state index in [1.165, 1.54) is 17.8 Å². The standard InChI is InChI=1S/C11H18N2O2S3/c12-6-5-9-3-4-11(17-9)18(14,15)13-8-10-2-1-7-16-10/h3-4,10,13H,1-2,5-8,12H2. The van der Waals surface area contributed by atoms with Gasteiger partial charge in [-0.3, -0.25) is 0 Å². The fraction of sp³-hybridized carbons (Fsp3) is 0.636. The number of hydrogen-bond donors (Lipinski definition) is 2. The summed E-state index contributed by atoms with van der Waals surface area (Å²) in [6.07, 6.45) is 3.03. The number of rotatable bonds is 6. The first-order valence-electron chi connectivity index (χ1n) is 6.02. The molecule has 0 saturated carbocycles. The minimum atomic E-state index is -3.33. The molecule has 1 aliphatic rings. The first kappa shape index (κ1) is 14.3. The maximum atomic E-state index is 12.1. The van der Waals surface area contributed by atoms with Crippen molar-refractivity contribution >= 4 is 33.1 Å². The molecule has 1 unspecified atom stereocenters. The largest absolute Gasteiger partial charge is 0.330 e. The van der Waals surface area contributed by atoms with E-state index in [2.05, 4.69) is 4.72 Å². The van der Waals surface area contributed by atoms with Crippen molar-refractivity contribution in [2.24, 2.45) is 5.73 Å². The molecule has 0 aliphatic carbocycles. The summed E-state index contributed by atoms with van der Waals surface area (Å²) in [5.41, 5.74) is 5.46. The van der Waals surface area contributed by atoms with Crippen LogP contribution in [0.4, 0.5) is 0 Å². The van der Waals surface area contributed by atoms with E-state index >= 15 is 0 Å². The van der Waals surface area contributed by atoms with Gasteiger partial charge in [-0.1, -0.05) is 0 Å². The van der Waals surface area contributed by atoms with Crippen molar-refractivity contribution in [3.8, 4) is 0 Å². The molecule has 1 aromatic heterocycles. The molecule has 2 heterocycles. The minimum absolute atomic E-state index is 0.397. The molecule has 0 spiro atoms. The van der Waals surface area contributed by atoms with Crippen molar-refractivity contribution in [2.45, 2.75) is 28.7 Å². The van der Waals surface area contributed by atoms with Crippen LogP contribution < -0.4 is 10.5 Å². The second kappa shape index (κ2) is 6.38. The van der Waals surface area contributed by atoms with Crippen LogP contribution in [0.3, 0.4) is 0 Å². The van der Waals surface area contributed by atoms with E-state index in [1.807, 2.05) is 17.8 Å².